The van der Waals surface area contributed by atoms with E-state index >= 15 is 0 Å². The van der Waals surface area contributed by atoms with Crippen molar-refractivity contribution < 1.29 is 4.79 Å². The molecular weight excluding hydrogens is 344 g/mol. The number of nitrogens with zero attached hydrogens (tertiary/aromatic N) is 5. The third-order valence-electron chi connectivity index (χ3n) is 4.65. The van der Waals surface area contributed by atoms with Crippen LogP contribution in [-0.4, -0.2) is 35.5 Å². The van der Waals surface area contributed by atoms with E-state index in [-0.39, 0.29) is 24.1 Å². The van der Waals surface area contributed by atoms with Gasteiger partial charge in [-0.3, -0.25) is 9.59 Å². The Kier molecular flexibility index (Phi) is 4.10. The van der Waals surface area contributed by atoms with Crippen molar-refractivity contribution in [3.05, 3.63) is 63.6 Å². The van der Waals surface area contributed by atoms with Crippen LogP contribution in [0.4, 0.5) is 0 Å². The van der Waals surface area contributed by atoms with Crippen molar-refractivity contribution in [2.75, 3.05) is 0 Å². The molecule has 27 heavy (non-hydrogen) atoms. The smallest absolute Gasteiger partial charge is 0.256 e. The molecule has 8 heteroatoms. The van der Waals surface area contributed by atoms with Gasteiger partial charge in [-0.2, -0.15) is 5.10 Å². The molecule has 138 valence electrons. The van der Waals surface area contributed by atoms with E-state index in [1.54, 1.807) is 24.0 Å². The standard InChI is InChI=1S/C19H20N6O2/c1-11(2)25-17(20-10-21-25)13-4-6-14(7-5-13)19(27)24-8-15-16(9-24)22-12(3)23-18(15)26/h4-7,10-11H,8-9H2,1-3H3,(H,22,23,26). The second-order valence-electron chi connectivity index (χ2n) is 6.94. The van der Waals surface area contributed by atoms with Crippen molar-refractivity contribution in [1.82, 2.24) is 29.6 Å². The number of carbonyl (C=O) groups is 1. The second kappa shape index (κ2) is 6.46. The molecule has 1 aliphatic heterocycles. The topological polar surface area (TPSA) is 96.8 Å². The van der Waals surface area contributed by atoms with E-state index in [1.807, 2.05) is 30.7 Å². The van der Waals surface area contributed by atoms with Gasteiger partial charge in [-0.1, -0.05) is 12.1 Å². The van der Waals surface area contributed by atoms with Crippen molar-refractivity contribution in [2.45, 2.75) is 39.9 Å². The number of aryl methyl sites for hydroxylation is 1. The van der Waals surface area contributed by atoms with Crippen molar-refractivity contribution in [1.29, 1.82) is 0 Å². The molecule has 4 rings (SSSR count). The first-order valence-electron chi connectivity index (χ1n) is 8.82. The van der Waals surface area contributed by atoms with Crippen LogP contribution in [-0.2, 0) is 13.1 Å². The zero-order valence-corrected chi connectivity index (χ0v) is 15.4. The van der Waals surface area contributed by atoms with Crippen molar-refractivity contribution >= 4 is 5.91 Å². The minimum Gasteiger partial charge on any atom is -0.328 e. The third kappa shape index (κ3) is 3.03. The van der Waals surface area contributed by atoms with Crippen molar-refractivity contribution in [2.24, 2.45) is 0 Å². The number of aromatic amines is 1. The number of amides is 1. The van der Waals surface area contributed by atoms with Crippen LogP contribution < -0.4 is 5.56 Å². The third-order valence-corrected chi connectivity index (χ3v) is 4.65. The monoisotopic (exact) mass is 364 g/mol. The van der Waals surface area contributed by atoms with Crippen LogP contribution in [0.2, 0.25) is 0 Å². The fourth-order valence-corrected chi connectivity index (χ4v) is 3.31. The van der Waals surface area contributed by atoms with Crippen LogP contribution in [0.15, 0.2) is 35.4 Å². The highest BCUT2D eigenvalue weighted by Gasteiger charge is 2.28. The van der Waals surface area contributed by atoms with Crippen LogP contribution >= 0.6 is 0 Å². The van der Waals surface area contributed by atoms with Crippen LogP contribution in [0.25, 0.3) is 11.4 Å². The molecule has 1 aliphatic rings. The van der Waals surface area contributed by atoms with Gasteiger partial charge in [0.05, 0.1) is 24.3 Å². The maximum absolute atomic E-state index is 12.8. The molecule has 1 N–H and O–H groups in total. The minimum absolute atomic E-state index is 0.123. The first-order valence-corrected chi connectivity index (χ1v) is 8.82. The molecule has 0 bridgehead atoms. The molecule has 0 saturated carbocycles. The van der Waals surface area contributed by atoms with Gasteiger partial charge < -0.3 is 9.88 Å². The Morgan fingerprint density at radius 2 is 1.93 bits per heavy atom. The lowest BCUT2D eigenvalue weighted by Gasteiger charge is -2.15. The van der Waals surface area contributed by atoms with E-state index in [0.717, 1.165) is 11.4 Å². The predicted octanol–water partition coefficient (Wildman–Crippen LogP) is 2.07. The highest BCUT2D eigenvalue weighted by Crippen LogP contribution is 2.23. The maximum atomic E-state index is 12.8. The highest BCUT2D eigenvalue weighted by atomic mass is 16.2. The summed E-state index contributed by atoms with van der Waals surface area (Å²) in [5.41, 5.74) is 2.53. The van der Waals surface area contributed by atoms with Gasteiger partial charge in [-0.25, -0.2) is 14.6 Å². The summed E-state index contributed by atoms with van der Waals surface area (Å²) in [4.78, 5) is 37.9. The van der Waals surface area contributed by atoms with Crippen LogP contribution in [0.5, 0.6) is 0 Å². The Balaban J connectivity index is 1.56. The Morgan fingerprint density at radius 1 is 1.19 bits per heavy atom. The highest BCUT2D eigenvalue weighted by molar-refractivity contribution is 5.94. The molecular formula is C19H20N6O2. The lowest BCUT2D eigenvalue weighted by Crippen LogP contribution is -2.26. The molecule has 0 spiro atoms. The SMILES string of the molecule is Cc1nc2c(c(=O)[nH]1)CN(C(=O)c1ccc(-c3ncnn3C(C)C)cc1)C2. The average Bonchev–Trinajstić information content (AvgIpc) is 3.28. The first-order chi connectivity index (χ1) is 12.9. The number of hydrogen-bond donors (Lipinski definition) is 1. The van der Waals surface area contributed by atoms with Gasteiger partial charge >= 0.3 is 0 Å². The van der Waals surface area contributed by atoms with E-state index in [4.69, 9.17) is 0 Å². The van der Waals surface area contributed by atoms with Gasteiger partial charge in [0, 0.05) is 17.2 Å². The van der Waals surface area contributed by atoms with Gasteiger partial charge in [0.15, 0.2) is 5.82 Å². The van der Waals surface area contributed by atoms with E-state index in [2.05, 4.69) is 20.1 Å². The Morgan fingerprint density at radius 3 is 2.63 bits per heavy atom. The van der Waals surface area contributed by atoms with Crippen molar-refractivity contribution in [3.8, 4) is 11.4 Å². The molecule has 0 fully saturated rings. The average molecular weight is 364 g/mol. The number of benzene rings is 1. The van der Waals surface area contributed by atoms with Gasteiger partial charge in [-0.15, -0.1) is 0 Å². The number of aromatic nitrogens is 5. The number of hydrogen-bond acceptors (Lipinski definition) is 5. The molecule has 3 heterocycles. The Bertz CT molecular complexity index is 1060. The molecule has 1 amide bonds. The summed E-state index contributed by atoms with van der Waals surface area (Å²) < 4.78 is 1.84. The largest absolute Gasteiger partial charge is 0.328 e. The number of rotatable bonds is 3. The fraction of sp³-hybridized carbons (Fsp3) is 0.316. The summed E-state index contributed by atoms with van der Waals surface area (Å²) in [6.07, 6.45) is 1.53. The molecule has 0 saturated heterocycles. The second-order valence-corrected chi connectivity index (χ2v) is 6.94. The zero-order valence-electron chi connectivity index (χ0n) is 15.4. The molecule has 1 aromatic carbocycles. The quantitative estimate of drug-likeness (QED) is 0.767. The molecule has 0 aliphatic carbocycles. The van der Waals surface area contributed by atoms with E-state index in [9.17, 15) is 9.59 Å². The molecule has 0 atom stereocenters. The molecule has 2 aromatic heterocycles. The normalized spacial score (nSPS) is 13.3. The van der Waals surface area contributed by atoms with Crippen LogP contribution in [0.1, 0.15) is 47.3 Å². The minimum atomic E-state index is -0.170. The van der Waals surface area contributed by atoms with Gasteiger partial charge in [0.25, 0.3) is 11.5 Å². The number of nitrogens with one attached hydrogen (secondary N) is 1. The lowest BCUT2D eigenvalue weighted by molar-refractivity contribution is 0.0750. The molecule has 0 unspecified atom stereocenters. The fourth-order valence-electron chi connectivity index (χ4n) is 3.31. The molecule has 0 radical (unpaired) electrons. The van der Waals surface area contributed by atoms with Gasteiger partial charge in [0.2, 0.25) is 0 Å². The summed E-state index contributed by atoms with van der Waals surface area (Å²) in [5.74, 6) is 1.21. The van der Waals surface area contributed by atoms with E-state index in [0.29, 0.717) is 29.2 Å². The zero-order chi connectivity index (χ0) is 19.1. The maximum Gasteiger partial charge on any atom is 0.256 e. The summed E-state index contributed by atoms with van der Waals surface area (Å²) in [7, 11) is 0. The number of H-pyrrole nitrogens is 1. The summed E-state index contributed by atoms with van der Waals surface area (Å²) in [6.45, 7) is 6.44. The summed E-state index contributed by atoms with van der Waals surface area (Å²) >= 11 is 0. The first kappa shape index (κ1) is 17.1. The number of carbonyl (C=O) groups excluding carboxylic acids is 1. The van der Waals surface area contributed by atoms with E-state index < -0.39 is 0 Å². The molecule has 3 aromatic rings. The lowest BCUT2D eigenvalue weighted by atomic mass is 10.1. The van der Waals surface area contributed by atoms with Gasteiger partial charge in [0.1, 0.15) is 12.2 Å². The van der Waals surface area contributed by atoms with Gasteiger partial charge in [-0.05, 0) is 32.9 Å². The number of fused-ring (bicyclic) bond motifs is 1. The van der Waals surface area contributed by atoms with E-state index in [1.165, 1.54) is 6.33 Å². The predicted molar refractivity (Wildman–Crippen MR) is 99.0 cm³/mol. The Hall–Kier alpha value is -3.29. The molecule has 8 nitrogen and oxygen atoms in total. The summed E-state index contributed by atoms with van der Waals surface area (Å²) in [6, 6.07) is 7.50. The van der Waals surface area contributed by atoms with Crippen molar-refractivity contribution in [3.63, 3.8) is 0 Å². The van der Waals surface area contributed by atoms with Crippen LogP contribution in [0, 0.1) is 6.92 Å². The Labute approximate surface area is 155 Å². The van der Waals surface area contributed by atoms with Crippen LogP contribution in [0.3, 0.4) is 0 Å². The summed E-state index contributed by atoms with van der Waals surface area (Å²) in [5, 5.41) is 4.24.